The van der Waals surface area contributed by atoms with E-state index in [0.717, 1.165) is 6.92 Å². The quantitative estimate of drug-likeness (QED) is 0.445. The van der Waals surface area contributed by atoms with Gasteiger partial charge in [-0.1, -0.05) is 4.89 Å². The summed E-state index contributed by atoms with van der Waals surface area (Å²) in [5.74, 6) is -1.04. The third-order valence-electron chi connectivity index (χ3n) is 0.280. The number of hydrogen-bond donors (Lipinski definition) is 0. The third kappa shape index (κ3) is 7.18. The number of carbonyl (C=O) groups is 1. The van der Waals surface area contributed by atoms with Crippen molar-refractivity contribution in [2.45, 2.75) is 13.3 Å². The maximum atomic E-state index is 11.0. The summed E-state index contributed by atoms with van der Waals surface area (Å²) in [7, 11) is 0. The van der Waals surface area contributed by atoms with Gasteiger partial charge in [0.25, 0.3) is 0 Å². The molecule has 0 rings (SSSR count). The highest BCUT2D eigenvalue weighted by molar-refractivity contribution is 5.65. The summed E-state index contributed by atoms with van der Waals surface area (Å²) < 4.78 is 32.9. The molecule has 0 aromatic heterocycles. The van der Waals surface area contributed by atoms with E-state index < -0.39 is 12.3 Å². The van der Waals surface area contributed by atoms with Crippen molar-refractivity contribution in [3.05, 3.63) is 0 Å². The second-order valence-electron chi connectivity index (χ2n) is 1.17. The topological polar surface area (TPSA) is 44.8 Å². The van der Waals surface area contributed by atoms with Gasteiger partial charge in [-0.2, -0.15) is 0 Å². The van der Waals surface area contributed by atoms with Crippen LogP contribution in [-0.2, 0) is 19.6 Å². The largest absolute Gasteiger partial charge is 0.552 e. The fourth-order valence-electron chi connectivity index (χ4n) is 0.103. The third-order valence-corrected chi connectivity index (χ3v) is 0.280. The van der Waals surface area contributed by atoms with Gasteiger partial charge in [-0.05, 0) is 5.04 Å². The lowest BCUT2D eigenvalue weighted by molar-refractivity contribution is -0.584. The number of rotatable bonds is 2. The van der Waals surface area contributed by atoms with Gasteiger partial charge in [0.15, 0.2) is 0 Å². The Morgan fingerprint density at radius 1 is 1.40 bits per heavy atom. The number of carbonyl (C=O) groups excluding carboxylic acids is 1. The Kier molecular flexibility index (Phi) is 3.10. The SMILES string of the molecule is CC(=O)OOOC(F)(F)F. The second kappa shape index (κ2) is 3.37. The molecule has 0 aliphatic rings. The first-order valence-electron chi connectivity index (χ1n) is 2.01. The second-order valence-corrected chi connectivity index (χ2v) is 1.17. The molecule has 0 bridgehead atoms. The van der Waals surface area contributed by atoms with Gasteiger partial charge < -0.3 is 0 Å². The van der Waals surface area contributed by atoms with Crippen molar-refractivity contribution >= 4 is 5.97 Å². The highest BCUT2D eigenvalue weighted by Crippen LogP contribution is 2.16. The molecule has 0 atom stereocenters. The van der Waals surface area contributed by atoms with Gasteiger partial charge >= 0.3 is 12.3 Å². The van der Waals surface area contributed by atoms with Gasteiger partial charge in [0.1, 0.15) is 0 Å². The van der Waals surface area contributed by atoms with Gasteiger partial charge in [-0.25, -0.2) is 4.79 Å². The zero-order chi connectivity index (χ0) is 8.20. The molecule has 0 amide bonds. The van der Waals surface area contributed by atoms with Crippen molar-refractivity contribution in [1.29, 1.82) is 0 Å². The first-order chi connectivity index (χ1) is 4.42. The summed E-state index contributed by atoms with van der Waals surface area (Å²) >= 11 is 0. The van der Waals surface area contributed by atoms with E-state index in [1.165, 1.54) is 0 Å². The first-order valence-corrected chi connectivity index (χ1v) is 2.01. The molecule has 0 fully saturated rings. The minimum absolute atomic E-state index is 0.861. The van der Waals surface area contributed by atoms with E-state index in [9.17, 15) is 18.0 Å². The summed E-state index contributed by atoms with van der Waals surface area (Å²) in [5, 5.41) is 2.98. The molecule has 60 valence electrons. The average Bonchev–Trinajstić information content (AvgIpc) is 1.59. The summed E-state index contributed by atoms with van der Waals surface area (Å²) in [6.45, 7) is 0.861. The monoisotopic (exact) mass is 160 g/mol. The van der Waals surface area contributed by atoms with Crippen molar-refractivity contribution in [3.8, 4) is 0 Å². The molecule has 0 unspecified atom stereocenters. The molecule has 10 heavy (non-hydrogen) atoms. The van der Waals surface area contributed by atoms with E-state index in [-0.39, 0.29) is 0 Å². The minimum Gasteiger partial charge on any atom is -0.269 e. The molecule has 7 heteroatoms. The normalized spacial score (nSPS) is 11.2. The van der Waals surface area contributed by atoms with Crippen LogP contribution in [0, 0.1) is 0 Å². The first kappa shape index (κ1) is 9.18. The molecular formula is C3H3F3O4. The fourth-order valence-corrected chi connectivity index (χ4v) is 0.103. The summed E-state index contributed by atoms with van der Waals surface area (Å²) in [5.41, 5.74) is 0. The molecule has 0 N–H and O–H groups in total. The van der Waals surface area contributed by atoms with Crippen molar-refractivity contribution in [2.24, 2.45) is 0 Å². The van der Waals surface area contributed by atoms with E-state index >= 15 is 0 Å². The lowest BCUT2D eigenvalue weighted by Gasteiger charge is -2.01. The molecule has 4 nitrogen and oxygen atoms in total. The molecule has 0 aliphatic heterocycles. The summed E-state index contributed by atoms with van der Waals surface area (Å²) in [6, 6.07) is 0. The van der Waals surface area contributed by atoms with Crippen molar-refractivity contribution in [1.82, 2.24) is 0 Å². The van der Waals surface area contributed by atoms with Gasteiger partial charge in [-0.3, -0.25) is 4.89 Å². The van der Waals surface area contributed by atoms with Gasteiger partial charge in [0, 0.05) is 6.92 Å². The highest BCUT2D eigenvalue weighted by atomic mass is 19.4. The number of halogens is 3. The smallest absolute Gasteiger partial charge is 0.269 e. The molecule has 0 aromatic carbocycles. The molecule has 0 spiro atoms. The standard InChI is InChI=1S/C3H3F3O4/c1-2(7)8-10-9-3(4,5)6/h1H3. The predicted molar refractivity (Wildman–Crippen MR) is 20.0 cm³/mol. The molecule has 0 aliphatic carbocycles. The number of hydrogen-bond acceptors (Lipinski definition) is 4. The maximum Gasteiger partial charge on any atom is 0.552 e. The van der Waals surface area contributed by atoms with Gasteiger partial charge in [0.05, 0.1) is 0 Å². The van der Waals surface area contributed by atoms with Crippen LogP contribution < -0.4 is 0 Å². The van der Waals surface area contributed by atoms with Crippen molar-refractivity contribution < 1.29 is 32.8 Å². The summed E-state index contributed by atoms with van der Waals surface area (Å²) in [4.78, 5) is 15.7. The van der Waals surface area contributed by atoms with Crippen LogP contribution >= 0.6 is 0 Å². The molecule has 0 saturated heterocycles. The molecular weight excluding hydrogens is 157 g/mol. The van der Waals surface area contributed by atoms with Crippen LogP contribution in [0.15, 0.2) is 0 Å². The van der Waals surface area contributed by atoms with Crippen LogP contribution in [-0.4, -0.2) is 12.3 Å². The molecule has 0 heterocycles. The van der Waals surface area contributed by atoms with E-state index in [1.807, 2.05) is 0 Å². The zero-order valence-corrected chi connectivity index (χ0v) is 4.77. The lowest BCUT2D eigenvalue weighted by Crippen LogP contribution is -2.15. The van der Waals surface area contributed by atoms with E-state index in [2.05, 4.69) is 14.8 Å². The van der Waals surface area contributed by atoms with Gasteiger partial charge in [-0.15, -0.1) is 13.2 Å². The molecule has 0 saturated carbocycles. The van der Waals surface area contributed by atoms with E-state index in [1.54, 1.807) is 0 Å². The Morgan fingerprint density at radius 3 is 2.20 bits per heavy atom. The minimum atomic E-state index is -4.96. The Morgan fingerprint density at radius 2 is 1.90 bits per heavy atom. The number of alkyl halides is 3. The maximum absolute atomic E-state index is 11.0. The van der Waals surface area contributed by atoms with Crippen LogP contribution in [0.2, 0.25) is 0 Å². The lowest BCUT2D eigenvalue weighted by atomic mass is 10.9. The predicted octanol–water partition coefficient (Wildman–Crippen LogP) is 0.932. The summed E-state index contributed by atoms with van der Waals surface area (Å²) in [6.07, 6.45) is -4.96. The Bertz CT molecular complexity index is 119. The highest BCUT2D eigenvalue weighted by Gasteiger charge is 2.32. The molecule has 0 radical (unpaired) electrons. The van der Waals surface area contributed by atoms with Crippen LogP contribution in [0.3, 0.4) is 0 Å². The van der Waals surface area contributed by atoms with Crippen molar-refractivity contribution in [2.75, 3.05) is 0 Å². The Hall–Kier alpha value is -0.820. The Labute approximate surface area is 53.3 Å². The van der Waals surface area contributed by atoms with E-state index in [4.69, 9.17) is 0 Å². The van der Waals surface area contributed by atoms with Gasteiger partial charge in [0.2, 0.25) is 0 Å². The van der Waals surface area contributed by atoms with Crippen LogP contribution in [0.25, 0.3) is 0 Å². The zero-order valence-electron chi connectivity index (χ0n) is 4.77. The van der Waals surface area contributed by atoms with E-state index in [0.29, 0.717) is 0 Å². The Balaban J connectivity index is 3.29. The van der Waals surface area contributed by atoms with Crippen LogP contribution in [0.4, 0.5) is 13.2 Å². The average molecular weight is 160 g/mol. The fraction of sp³-hybridized carbons (Fsp3) is 0.667. The van der Waals surface area contributed by atoms with Crippen LogP contribution in [0.1, 0.15) is 6.92 Å². The van der Waals surface area contributed by atoms with Crippen molar-refractivity contribution in [3.63, 3.8) is 0 Å². The molecule has 0 aromatic rings. The van der Waals surface area contributed by atoms with Crippen LogP contribution in [0.5, 0.6) is 0 Å².